The van der Waals surface area contributed by atoms with Crippen molar-refractivity contribution in [2.75, 3.05) is 0 Å². The third kappa shape index (κ3) is 3.97. The summed E-state index contributed by atoms with van der Waals surface area (Å²) in [6, 6.07) is 0. The maximum Gasteiger partial charge on any atom is 0.295 e. The van der Waals surface area contributed by atoms with E-state index in [2.05, 4.69) is 10.2 Å². The molecule has 1 unspecified atom stereocenters. The molecule has 0 radical (unpaired) electrons. The van der Waals surface area contributed by atoms with Crippen molar-refractivity contribution in [1.29, 1.82) is 0 Å². The Balaban J connectivity index is 2.60. The van der Waals surface area contributed by atoms with E-state index in [-0.39, 0.29) is 17.3 Å². The lowest BCUT2D eigenvalue weighted by molar-refractivity contribution is -0.117. The summed E-state index contributed by atoms with van der Waals surface area (Å²) in [5.41, 5.74) is 5.25. The van der Waals surface area contributed by atoms with Gasteiger partial charge in [-0.15, -0.1) is 5.10 Å². The van der Waals surface area contributed by atoms with E-state index in [4.69, 9.17) is 10.5 Å². The van der Waals surface area contributed by atoms with E-state index < -0.39 is 0 Å². The Morgan fingerprint density at radius 2 is 2.25 bits per heavy atom. The van der Waals surface area contributed by atoms with Gasteiger partial charge in [0.2, 0.25) is 5.91 Å². The van der Waals surface area contributed by atoms with Gasteiger partial charge in [-0.3, -0.25) is 4.79 Å². The van der Waals surface area contributed by atoms with Gasteiger partial charge >= 0.3 is 0 Å². The van der Waals surface area contributed by atoms with Gasteiger partial charge < -0.3 is 10.5 Å². The van der Waals surface area contributed by atoms with Gasteiger partial charge in [0.15, 0.2) is 4.34 Å². The predicted molar refractivity (Wildman–Crippen MR) is 64.8 cm³/mol. The topological polar surface area (TPSA) is 78.1 Å². The van der Waals surface area contributed by atoms with Gasteiger partial charge in [0.1, 0.15) is 0 Å². The lowest BCUT2D eigenvalue weighted by Crippen LogP contribution is -2.24. The summed E-state index contributed by atoms with van der Waals surface area (Å²) in [7, 11) is 0. The molecule has 1 atom stereocenters. The van der Waals surface area contributed by atoms with E-state index in [9.17, 15) is 4.79 Å². The van der Waals surface area contributed by atoms with Gasteiger partial charge in [-0.05, 0) is 31.6 Å². The van der Waals surface area contributed by atoms with Crippen LogP contribution in [0.5, 0.6) is 5.19 Å². The van der Waals surface area contributed by atoms with Crippen molar-refractivity contribution in [2.24, 2.45) is 5.73 Å². The number of carbonyl (C=O) groups is 1. The molecule has 7 heteroatoms. The average Bonchev–Trinajstić information content (AvgIpc) is 2.60. The van der Waals surface area contributed by atoms with Crippen molar-refractivity contribution < 1.29 is 9.53 Å². The molecule has 1 amide bonds. The number of hydrogen-bond donors (Lipinski definition) is 1. The molecule has 1 rings (SSSR count). The van der Waals surface area contributed by atoms with Crippen LogP contribution in [0.15, 0.2) is 4.34 Å². The zero-order chi connectivity index (χ0) is 12.1. The molecule has 0 aliphatic heterocycles. The maximum absolute atomic E-state index is 11.0. The van der Waals surface area contributed by atoms with Crippen LogP contribution in [0.1, 0.15) is 27.2 Å². The van der Waals surface area contributed by atoms with E-state index >= 15 is 0 Å². The first kappa shape index (κ1) is 13.2. The second kappa shape index (κ2) is 6.05. The normalized spacial score (nSPS) is 12.8. The molecular weight excluding hydrogens is 246 g/mol. The summed E-state index contributed by atoms with van der Waals surface area (Å²) in [6.07, 6.45) is 0.754. The fourth-order valence-corrected chi connectivity index (χ4v) is 2.88. The highest BCUT2D eigenvalue weighted by atomic mass is 32.2. The van der Waals surface area contributed by atoms with Crippen LogP contribution < -0.4 is 10.5 Å². The van der Waals surface area contributed by atoms with Gasteiger partial charge in [-0.2, -0.15) is 0 Å². The van der Waals surface area contributed by atoms with Gasteiger partial charge in [0, 0.05) is 0 Å². The summed E-state index contributed by atoms with van der Waals surface area (Å²) in [5, 5.41) is 8.09. The Bertz CT molecular complexity index is 354. The van der Waals surface area contributed by atoms with E-state index in [0.717, 1.165) is 0 Å². The Kier molecular flexibility index (Phi) is 5.01. The van der Waals surface area contributed by atoms with E-state index in [1.54, 1.807) is 0 Å². The third-order valence-electron chi connectivity index (χ3n) is 1.66. The molecule has 0 saturated heterocycles. The molecule has 0 spiro atoms. The van der Waals surface area contributed by atoms with Gasteiger partial charge in [-0.25, -0.2) is 0 Å². The molecule has 5 nitrogen and oxygen atoms in total. The zero-order valence-electron chi connectivity index (χ0n) is 9.47. The number of nitrogens with zero attached hydrogens (tertiary/aromatic N) is 2. The lowest BCUT2D eigenvalue weighted by atomic mass is 10.3. The zero-order valence-corrected chi connectivity index (χ0v) is 11.1. The second-order valence-corrected chi connectivity index (χ2v) is 5.81. The minimum Gasteiger partial charge on any atom is -0.466 e. The molecule has 90 valence electrons. The predicted octanol–water partition coefficient (Wildman–Crippen LogP) is 1.68. The van der Waals surface area contributed by atoms with Crippen LogP contribution in [-0.2, 0) is 4.79 Å². The summed E-state index contributed by atoms with van der Waals surface area (Å²) >= 11 is 2.67. The highest BCUT2D eigenvalue weighted by Gasteiger charge is 2.17. The van der Waals surface area contributed by atoms with Crippen molar-refractivity contribution >= 4 is 29.0 Å². The lowest BCUT2D eigenvalue weighted by Gasteiger charge is -2.06. The molecule has 0 saturated carbocycles. The maximum atomic E-state index is 11.0. The Morgan fingerprint density at radius 3 is 2.75 bits per heavy atom. The molecule has 0 fully saturated rings. The van der Waals surface area contributed by atoms with Crippen LogP contribution in [0.4, 0.5) is 0 Å². The van der Waals surface area contributed by atoms with Crippen LogP contribution >= 0.6 is 23.1 Å². The highest BCUT2D eigenvalue weighted by molar-refractivity contribution is 8.02. The summed E-state index contributed by atoms with van der Waals surface area (Å²) < 4.78 is 6.10. The van der Waals surface area contributed by atoms with Crippen molar-refractivity contribution in [2.45, 2.75) is 42.9 Å². The number of rotatable bonds is 6. The number of nitrogens with two attached hydrogens (primary N) is 1. The number of hydrogen-bond acceptors (Lipinski definition) is 6. The van der Waals surface area contributed by atoms with Gasteiger partial charge in [0.05, 0.1) is 11.4 Å². The number of ether oxygens (including phenoxy) is 1. The number of carbonyl (C=O) groups excluding carboxylic acids is 1. The van der Waals surface area contributed by atoms with E-state index in [0.29, 0.717) is 16.0 Å². The number of amides is 1. The van der Waals surface area contributed by atoms with Crippen LogP contribution in [0.2, 0.25) is 0 Å². The monoisotopic (exact) mass is 261 g/mol. The van der Waals surface area contributed by atoms with Crippen molar-refractivity contribution in [3.8, 4) is 5.19 Å². The van der Waals surface area contributed by atoms with Gasteiger partial charge in [0.25, 0.3) is 5.19 Å². The first-order valence-corrected chi connectivity index (χ1v) is 6.68. The number of primary amides is 1. The molecule has 1 aromatic heterocycles. The molecule has 2 N–H and O–H groups in total. The van der Waals surface area contributed by atoms with Gasteiger partial charge in [-0.1, -0.05) is 23.8 Å². The molecular formula is C9H15N3O2S2. The Morgan fingerprint density at radius 1 is 1.56 bits per heavy atom. The Hall–Kier alpha value is -0.820. The van der Waals surface area contributed by atoms with E-state index in [1.807, 2.05) is 20.8 Å². The third-order valence-corrected chi connectivity index (χ3v) is 3.94. The average molecular weight is 261 g/mol. The molecule has 0 aliphatic carbocycles. The summed E-state index contributed by atoms with van der Waals surface area (Å²) in [6.45, 7) is 5.76. The second-order valence-electron chi connectivity index (χ2n) is 3.42. The highest BCUT2D eigenvalue weighted by Crippen LogP contribution is 2.31. The quantitative estimate of drug-likeness (QED) is 0.788. The SMILES string of the molecule is CCC(Sc1nnc(OC(C)C)s1)C(N)=O. The fourth-order valence-electron chi connectivity index (χ4n) is 0.958. The minimum atomic E-state index is -0.325. The summed E-state index contributed by atoms with van der Waals surface area (Å²) in [5.74, 6) is -0.325. The van der Waals surface area contributed by atoms with Crippen LogP contribution in [0.25, 0.3) is 0 Å². The first-order valence-electron chi connectivity index (χ1n) is 4.99. The summed E-state index contributed by atoms with van der Waals surface area (Å²) in [4.78, 5) is 11.0. The van der Waals surface area contributed by atoms with Crippen molar-refractivity contribution in [3.05, 3.63) is 0 Å². The van der Waals surface area contributed by atoms with E-state index in [1.165, 1.54) is 23.1 Å². The van der Waals surface area contributed by atoms with Crippen molar-refractivity contribution in [1.82, 2.24) is 10.2 Å². The van der Waals surface area contributed by atoms with Crippen LogP contribution in [0, 0.1) is 0 Å². The molecule has 0 bridgehead atoms. The first-order chi connectivity index (χ1) is 7.52. The van der Waals surface area contributed by atoms with Crippen LogP contribution in [0.3, 0.4) is 0 Å². The van der Waals surface area contributed by atoms with Crippen LogP contribution in [-0.4, -0.2) is 27.5 Å². The smallest absolute Gasteiger partial charge is 0.295 e. The molecule has 16 heavy (non-hydrogen) atoms. The molecule has 1 aromatic rings. The number of thioether (sulfide) groups is 1. The molecule has 1 heterocycles. The Labute approximate surface area is 103 Å². The molecule has 0 aliphatic rings. The molecule has 0 aromatic carbocycles. The minimum absolute atomic E-state index is 0.0731. The standard InChI is InChI=1S/C9H15N3O2S2/c1-4-6(7(10)13)15-9-12-11-8(16-9)14-5(2)3/h5-6H,4H2,1-3H3,(H2,10,13). The largest absolute Gasteiger partial charge is 0.466 e. The van der Waals surface area contributed by atoms with Crippen molar-refractivity contribution in [3.63, 3.8) is 0 Å². The number of aromatic nitrogens is 2. The fraction of sp³-hybridized carbons (Fsp3) is 0.667.